The first-order valence-electron chi connectivity index (χ1n) is 7.57. The van der Waals surface area contributed by atoms with Crippen molar-refractivity contribution in [1.82, 2.24) is 5.32 Å². The fourth-order valence-electron chi connectivity index (χ4n) is 1.99. The molecule has 0 spiro atoms. The molecule has 0 aliphatic rings. The van der Waals surface area contributed by atoms with E-state index in [1.807, 2.05) is 38.1 Å². The monoisotopic (exact) mass is 363 g/mol. The molecule has 0 aliphatic carbocycles. The Kier molecular flexibility index (Phi) is 6.71. The lowest BCUT2D eigenvalue weighted by Crippen LogP contribution is -2.35. The number of halogens is 2. The molecular weight excluding hydrogens is 345 g/mol. The van der Waals surface area contributed by atoms with Crippen LogP contribution in [0, 0.1) is 6.92 Å². The molecule has 3 nitrogen and oxygen atoms in total. The third kappa shape index (κ3) is 5.91. The van der Waals surface area contributed by atoms with Crippen molar-refractivity contribution in [3.8, 4) is 5.75 Å². The molecule has 1 atom stereocenters. The fraction of sp³-hybridized carbons (Fsp3) is 0.211. The van der Waals surface area contributed by atoms with E-state index in [0.717, 1.165) is 11.3 Å². The van der Waals surface area contributed by atoms with Crippen LogP contribution < -0.4 is 10.1 Å². The SMILES string of the molecule is Cc1ccc(OC[C@@H](C)NC(=O)/C=C/c2ccc(Cl)cc2Cl)cc1. The summed E-state index contributed by atoms with van der Waals surface area (Å²) in [5, 5.41) is 3.90. The maximum atomic E-state index is 11.9. The van der Waals surface area contributed by atoms with Gasteiger partial charge in [0.25, 0.3) is 0 Å². The van der Waals surface area contributed by atoms with E-state index in [2.05, 4.69) is 5.32 Å². The van der Waals surface area contributed by atoms with E-state index in [4.69, 9.17) is 27.9 Å². The highest BCUT2D eigenvalue weighted by Crippen LogP contribution is 2.21. The van der Waals surface area contributed by atoms with Crippen LogP contribution in [0.3, 0.4) is 0 Å². The van der Waals surface area contributed by atoms with E-state index in [1.165, 1.54) is 11.6 Å². The largest absolute Gasteiger partial charge is 0.491 e. The molecule has 0 heterocycles. The molecule has 0 bridgehead atoms. The summed E-state index contributed by atoms with van der Waals surface area (Å²) in [6.07, 6.45) is 3.10. The normalized spacial score (nSPS) is 12.2. The Hall–Kier alpha value is -1.97. The predicted molar refractivity (Wildman–Crippen MR) is 99.8 cm³/mol. The summed E-state index contributed by atoms with van der Waals surface area (Å²) < 4.78 is 5.64. The van der Waals surface area contributed by atoms with Crippen molar-refractivity contribution in [2.75, 3.05) is 6.61 Å². The van der Waals surface area contributed by atoms with Crippen LogP contribution in [0.15, 0.2) is 48.5 Å². The predicted octanol–water partition coefficient (Wildman–Crippen LogP) is 4.90. The first-order valence-corrected chi connectivity index (χ1v) is 8.33. The maximum Gasteiger partial charge on any atom is 0.244 e. The van der Waals surface area contributed by atoms with Gasteiger partial charge in [-0.15, -0.1) is 0 Å². The number of amides is 1. The standard InChI is InChI=1S/C19H19Cl2NO2/c1-13-3-8-17(9-4-13)24-12-14(2)22-19(23)10-6-15-5-7-16(20)11-18(15)21/h3-11,14H,12H2,1-2H3,(H,22,23)/b10-6+/t14-/m1/s1. The molecule has 0 fully saturated rings. The van der Waals surface area contributed by atoms with Crippen molar-refractivity contribution in [2.24, 2.45) is 0 Å². The third-order valence-electron chi connectivity index (χ3n) is 3.29. The summed E-state index contributed by atoms with van der Waals surface area (Å²) in [5.74, 6) is 0.575. The molecule has 0 saturated heterocycles. The molecule has 126 valence electrons. The summed E-state index contributed by atoms with van der Waals surface area (Å²) >= 11 is 11.9. The summed E-state index contributed by atoms with van der Waals surface area (Å²) in [5.41, 5.74) is 1.91. The lowest BCUT2D eigenvalue weighted by atomic mass is 10.2. The molecule has 0 unspecified atom stereocenters. The molecule has 1 amide bonds. The summed E-state index contributed by atoms with van der Waals surface area (Å²) in [4.78, 5) is 11.9. The molecule has 2 aromatic carbocycles. The lowest BCUT2D eigenvalue weighted by molar-refractivity contribution is -0.117. The number of hydrogen-bond acceptors (Lipinski definition) is 2. The first kappa shape index (κ1) is 18.4. The van der Waals surface area contributed by atoms with Gasteiger partial charge in [-0.3, -0.25) is 4.79 Å². The van der Waals surface area contributed by atoms with E-state index < -0.39 is 0 Å². The molecule has 2 rings (SSSR count). The average molecular weight is 364 g/mol. The Morgan fingerprint density at radius 1 is 1.21 bits per heavy atom. The van der Waals surface area contributed by atoms with E-state index in [1.54, 1.807) is 24.3 Å². The number of rotatable bonds is 6. The third-order valence-corrected chi connectivity index (χ3v) is 3.85. The first-order chi connectivity index (χ1) is 11.4. The average Bonchev–Trinajstić information content (AvgIpc) is 2.53. The Labute approximate surface area is 152 Å². The van der Waals surface area contributed by atoms with Crippen molar-refractivity contribution < 1.29 is 9.53 Å². The highest BCUT2D eigenvalue weighted by Gasteiger charge is 2.06. The Morgan fingerprint density at radius 2 is 1.92 bits per heavy atom. The van der Waals surface area contributed by atoms with Crippen LogP contribution in [0.4, 0.5) is 0 Å². The van der Waals surface area contributed by atoms with Gasteiger partial charge in [0.1, 0.15) is 12.4 Å². The fourth-order valence-corrected chi connectivity index (χ4v) is 2.46. The van der Waals surface area contributed by atoms with Gasteiger partial charge in [-0.25, -0.2) is 0 Å². The summed E-state index contributed by atoms with van der Waals surface area (Å²) in [6, 6.07) is 12.8. The van der Waals surface area contributed by atoms with Crippen LogP contribution in [-0.4, -0.2) is 18.6 Å². The molecule has 0 aliphatic heterocycles. The number of nitrogens with one attached hydrogen (secondary N) is 1. The number of benzene rings is 2. The molecule has 5 heteroatoms. The zero-order valence-electron chi connectivity index (χ0n) is 13.6. The zero-order valence-corrected chi connectivity index (χ0v) is 15.1. The maximum absolute atomic E-state index is 11.9. The smallest absolute Gasteiger partial charge is 0.244 e. The second-order valence-electron chi connectivity index (χ2n) is 5.53. The van der Waals surface area contributed by atoms with Crippen molar-refractivity contribution in [3.63, 3.8) is 0 Å². The summed E-state index contributed by atoms with van der Waals surface area (Å²) in [7, 11) is 0. The summed E-state index contributed by atoms with van der Waals surface area (Å²) in [6.45, 7) is 4.30. The second-order valence-corrected chi connectivity index (χ2v) is 6.38. The van der Waals surface area contributed by atoms with E-state index in [-0.39, 0.29) is 11.9 Å². The number of carbonyl (C=O) groups is 1. The molecule has 2 aromatic rings. The quantitative estimate of drug-likeness (QED) is 0.741. The molecule has 1 N–H and O–H groups in total. The zero-order chi connectivity index (χ0) is 17.5. The topological polar surface area (TPSA) is 38.3 Å². The van der Waals surface area contributed by atoms with Gasteiger partial charge in [-0.05, 0) is 49.8 Å². The van der Waals surface area contributed by atoms with E-state index in [9.17, 15) is 4.79 Å². The number of ether oxygens (including phenoxy) is 1. The van der Waals surface area contributed by atoms with Gasteiger partial charge >= 0.3 is 0 Å². The number of hydrogen-bond donors (Lipinski definition) is 1. The highest BCUT2D eigenvalue weighted by molar-refractivity contribution is 6.35. The molecule has 0 aromatic heterocycles. The van der Waals surface area contributed by atoms with Gasteiger partial charge in [0, 0.05) is 16.1 Å². The molecular formula is C19H19Cl2NO2. The van der Waals surface area contributed by atoms with Gasteiger partial charge in [-0.2, -0.15) is 0 Å². The van der Waals surface area contributed by atoms with Crippen LogP contribution in [0.2, 0.25) is 10.0 Å². The molecule has 0 saturated carbocycles. The Balaban J connectivity index is 1.82. The van der Waals surface area contributed by atoms with Gasteiger partial charge in [-0.1, -0.05) is 47.0 Å². The van der Waals surface area contributed by atoms with Crippen LogP contribution in [0.25, 0.3) is 6.08 Å². The van der Waals surface area contributed by atoms with Crippen LogP contribution in [0.5, 0.6) is 5.75 Å². The number of aryl methyl sites for hydroxylation is 1. The van der Waals surface area contributed by atoms with Crippen molar-refractivity contribution in [1.29, 1.82) is 0 Å². The van der Waals surface area contributed by atoms with Gasteiger partial charge in [0.15, 0.2) is 0 Å². The van der Waals surface area contributed by atoms with Crippen molar-refractivity contribution >= 4 is 35.2 Å². The van der Waals surface area contributed by atoms with Crippen LogP contribution in [0.1, 0.15) is 18.1 Å². The minimum absolute atomic E-state index is 0.121. The minimum atomic E-state index is -0.207. The van der Waals surface area contributed by atoms with Gasteiger partial charge in [0.05, 0.1) is 6.04 Å². The second kappa shape index (κ2) is 8.76. The lowest BCUT2D eigenvalue weighted by Gasteiger charge is -2.14. The Bertz CT molecular complexity index is 727. The van der Waals surface area contributed by atoms with Crippen molar-refractivity contribution in [3.05, 3.63) is 69.7 Å². The van der Waals surface area contributed by atoms with E-state index >= 15 is 0 Å². The van der Waals surface area contributed by atoms with Crippen LogP contribution >= 0.6 is 23.2 Å². The Morgan fingerprint density at radius 3 is 2.58 bits per heavy atom. The van der Waals surface area contributed by atoms with Gasteiger partial charge < -0.3 is 10.1 Å². The molecule has 0 radical (unpaired) electrons. The molecule has 24 heavy (non-hydrogen) atoms. The highest BCUT2D eigenvalue weighted by atomic mass is 35.5. The van der Waals surface area contributed by atoms with Gasteiger partial charge in [0.2, 0.25) is 5.91 Å². The van der Waals surface area contributed by atoms with Crippen LogP contribution in [-0.2, 0) is 4.79 Å². The van der Waals surface area contributed by atoms with E-state index in [0.29, 0.717) is 16.7 Å². The minimum Gasteiger partial charge on any atom is -0.491 e. The van der Waals surface area contributed by atoms with Crippen molar-refractivity contribution in [2.45, 2.75) is 19.9 Å². The number of carbonyl (C=O) groups excluding carboxylic acids is 1.